The smallest absolute Gasteiger partial charge is 0.299 e. The number of anilines is 1. The average Bonchev–Trinajstić information content (AvgIpc) is 2.98. The van der Waals surface area contributed by atoms with E-state index in [0.29, 0.717) is 12.1 Å². The van der Waals surface area contributed by atoms with Gasteiger partial charge in [0.1, 0.15) is 5.82 Å². The van der Waals surface area contributed by atoms with Crippen LogP contribution in [0.3, 0.4) is 0 Å². The van der Waals surface area contributed by atoms with Gasteiger partial charge in [0.05, 0.1) is 29.8 Å². The number of Topliss-reactive ketones (excluding diaryl/α,β-unsaturated/α-hetero) is 1. The van der Waals surface area contributed by atoms with Crippen molar-refractivity contribution in [3.8, 4) is 0 Å². The summed E-state index contributed by atoms with van der Waals surface area (Å²) < 4.78 is 16.0. The SMILES string of the molecule is CCn1cncc1CN1C(=O)C(=O)c2cc(C)cc(F)c21. The van der Waals surface area contributed by atoms with Gasteiger partial charge in [-0.1, -0.05) is 0 Å². The third-order valence-corrected chi connectivity index (χ3v) is 3.62. The molecule has 2 aromatic rings. The topological polar surface area (TPSA) is 55.2 Å². The first kappa shape index (κ1) is 13.5. The molecule has 1 aromatic heterocycles. The fourth-order valence-corrected chi connectivity index (χ4v) is 2.60. The molecule has 0 saturated heterocycles. The highest BCUT2D eigenvalue weighted by Gasteiger charge is 2.38. The molecule has 2 heterocycles. The molecule has 1 aromatic carbocycles. The number of benzene rings is 1. The fourth-order valence-electron chi connectivity index (χ4n) is 2.60. The first-order valence-corrected chi connectivity index (χ1v) is 6.68. The molecular formula is C15H14FN3O2. The molecule has 0 radical (unpaired) electrons. The Morgan fingerprint density at radius 2 is 2.05 bits per heavy atom. The number of rotatable bonds is 3. The summed E-state index contributed by atoms with van der Waals surface area (Å²) in [6.45, 7) is 4.45. The molecular weight excluding hydrogens is 273 g/mol. The van der Waals surface area contributed by atoms with E-state index in [4.69, 9.17) is 0 Å². The lowest BCUT2D eigenvalue weighted by Gasteiger charge is -2.18. The van der Waals surface area contributed by atoms with Crippen molar-refractivity contribution in [1.82, 2.24) is 9.55 Å². The van der Waals surface area contributed by atoms with Crippen molar-refractivity contribution < 1.29 is 14.0 Å². The number of fused-ring (bicyclic) bond motifs is 1. The van der Waals surface area contributed by atoms with E-state index in [9.17, 15) is 14.0 Å². The van der Waals surface area contributed by atoms with Crippen LogP contribution < -0.4 is 4.90 Å². The summed E-state index contributed by atoms with van der Waals surface area (Å²) in [5.41, 5.74) is 1.58. The van der Waals surface area contributed by atoms with E-state index in [1.807, 2.05) is 11.5 Å². The lowest BCUT2D eigenvalue weighted by Crippen LogP contribution is -2.30. The number of nitrogens with zero attached hydrogens (tertiary/aromatic N) is 3. The number of aryl methyl sites for hydroxylation is 2. The van der Waals surface area contributed by atoms with Gasteiger partial charge in [-0.05, 0) is 31.5 Å². The van der Waals surface area contributed by atoms with Crippen LogP contribution in [0.15, 0.2) is 24.7 Å². The Bertz CT molecular complexity index is 751. The molecule has 6 heteroatoms. The molecule has 1 amide bonds. The second kappa shape index (κ2) is 4.80. The van der Waals surface area contributed by atoms with Crippen molar-refractivity contribution in [2.45, 2.75) is 26.9 Å². The van der Waals surface area contributed by atoms with Gasteiger partial charge in [0.15, 0.2) is 0 Å². The van der Waals surface area contributed by atoms with Crippen molar-refractivity contribution in [3.63, 3.8) is 0 Å². The van der Waals surface area contributed by atoms with Gasteiger partial charge in [-0.3, -0.25) is 14.5 Å². The van der Waals surface area contributed by atoms with Crippen LogP contribution in [0.25, 0.3) is 0 Å². The summed E-state index contributed by atoms with van der Waals surface area (Å²) in [5.74, 6) is -1.90. The Kier molecular flexibility index (Phi) is 3.08. The third-order valence-electron chi connectivity index (χ3n) is 3.62. The minimum atomic E-state index is -0.696. The van der Waals surface area contributed by atoms with E-state index in [-0.39, 0.29) is 17.8 Å². The molecule has 1 aliphatic heterocycles. The highest BCUT2D eigenvalue weighted by atomic mass is 19.1. The second-order valence-corrected chi connectivity index (χ2v) is 5.03. The van der Waals surface area contributed by atoms with Crippen LogP contribution in [0.4, 0.5) is 10.1 Å². The predicted molar refractivity (Wildman–Crippen MR) is 74.6 cm³/mol. The van der Waals surface area contributed by atoms with E-state index in [2.05, 4.69) is 4.98 Å². The van der Waals surface area contributed by atoms with Crippen molar-refractivity contribution >= 4 is 17.4 Å². The molecule has 0 N–H and O–H groups in total. The number of hydrogen-bond donors (Lipinski definition) is 0. The standard InChI is InChI=1S/C15H14FN3O2/c1-3-18-8-17-6-10(18)7-19-13-11(14(20)15(19)21)4-9(2)5-12(13)16/h4-6,8H,3,7H2,1-2H3. The normalized spacial score (nSPS) is 14.0. The molecule has 5 nitrogen and oxygen atoms in total. The molecule has 0 fully saturated rings. The maximum Gasteiger partial charge on any atom is 0.299 e. The van der Waals surface area contributed by atoms with Crippen molar-refractivity contribution in [2.24, 2.45) is 0 Å². The van der Waals surface area contributed by atoms with Crippen LogP contribution in [-0.4, -0.2) is 21.2 Å². The van der Waals surface area contributed by atoms with Gasteiger partial charge in [-0.25, -0.2) is 9.37 Å². The van der Waals surface area contributed by atoms with Gasteiger partial charge in [-0.15, -0.1) is 0 Å². The van der Waals surface area contributed by atoms with Crippen LogP contribution in [0.2, 0.25) is 0 Å². The van der Waals surface area contributed by atoms with Crippen LogP contribution in [0, 0.1) is 12.7 Å². The maximum atomic E-state index is 14.2. The van der Waals surface area contributed by atoms with E-state index in [1.165, 1.54) is 11.0 Å². The molecule has 21 heavy (non-hydrogen) atoms. The van der Waals surface area contributed by atoms with Crippen LogP contribution in [0.5, 0.6) is 0 Å². The van der Waals surface area contributed by atoms with Gasteiger partial charge in [0.25, 0.3) is 11.7 Å². The molecule has 0 saturated carbocycles. The highest BCUT2D eigenvalue weighted by Crippen LogP contribution is 2.33. The van der Waals surface area contributed by atoms with Crippen molar-refractivity contribution in [2.75, 3.05) is 4.90 Å². The summed E-state index contributed by atoms with van der Waals surface area (Å²) in [7, 11) is 0. The molecule has 0 atom stereocenters. The first-order chi connectivity index (χ1) is 10.0. The van der Waals surface area contributed by atoms with Crippen LogP contribution in [-0.2, 0) is 17.9 Å². The molecule has 3 rings (SSSR count). The Balaban J connectivity index is 2.06. The van der Waals surface area contributed by atoms with E-state index in [0.717, 1.165) is 5.69 Å². The Labute approximate surface area is 121 Å². The molecule has 0 unspecified atom stereocenters. The number of halogens is 1. The number of carbonyl (C=O) groups excluding carboxylic acids is 2. The lowest BCUT2D eigenvalue weighted by molar-refractivity contribution is -0.114. The van der Waals surface area contributed by atoms with E-state index >= 15 is 0 Å². The zero-order chi connectivity index (χ0) is 15.1. The van der Waals surface area contributed by atoms with Gasteiger partial charge in [-0.2, -0.15) is 0 Å². The number of hydrogen-bond acceptors (Lipinski definition) is 3. The number of amides is 1. The summed E-state index contributed by atoms with van der Waals surface area (Å²) in [6.07, 6.45) is 3.26. The molecule has 1 aliphatic rings. The average molecular weight is 287 g/mol. The maximum absolute atomic E-state index is 14.2. The van der Waals surface area contributed by atoms with Crippen LogP contribution >= 0.6 is 0 Å². The molecule has 0 aliphatic carbocycles. The van der Waals surface area contributed by atoms with Crippen molar-refractivity contribution in [3.05, 3.63) is 47.3 Å². The summed E-state index contributed by atoms with van der Waals surface area (Å²) >= 11 is 0. The number of imidazole rings is 1. The Morgan fingerprint density at radius 3 is 2.76 bits per heavy atom. The third kappa shape index (κ3) is 2.03. The number of ketones is 1. The number of aromatic nitrogens is 2. The van der Waals surface area contributed by atoms with Gasteiger partial charge < -0.3 is 4.57 Å². The zero-order valence-corrected chi connectivity index (χ0v) is 11.8. The quantitative estimate of drug-likeness (QED) is 0.812. The Morgan fingerprint density at radius 1 is 1.29 bits per heavy atom. The first-order valence-electron chi connectivity index (χ1n) is 6.68. The lowest BCUT2D eigenvalue weighted by atomic mass is 10.1. The predicted octanol–water partition coefficient (Wildman–Crippen LogP) is 2.08. The van der Waals surface area contributed by atoms with Crippen LogP contribution in [0.1, 0.15) is 28.5 Å². The van der Waals surface area contributed by atoms with Crippen molar-refractivity contribution in [1.29, 1.82) is 0 Å². The zero-order valence-electron chi connectivity index (χ0n) is 11.8. The Hall–Kier alpha value is -2.50. The minimum absolute atomic E-state index is 0.0689. The van der Waals surface area contributed by atoms with E-state index < -0.39 is 17.5 Å². The fraction of sp³-hybridized carbons (Fsp3) is 0.267. The van der Waals surface area contributed by atoms with E-state index in [1.54, 1.807) is 25.5 Å². The van der Waals surface area contributed by atoms with Gasteiger partial charge in [0, 0.05) is 12.7 Å². The highest BCUT2D eigenvalue weighted by molar-refractivity contribution is 6.52. The molecule has 108 valence electrons. The summed E-state index contributed by atoms with van der Waals surface area (Å²) in [5, 5.41) is 0. The second-order valence-electron chi connectivity index (χ2n) is 5.03. The van der Waals surface area contributed by atoms with Gasteiger partial charge in [0.2, 0.25) is 0 Å². The van der Waals surface area contributed by atoms with Gasteiger partial charge >= 0.3 is 0 Å². The largest absolute Gasteiger partial charge is 0.333 e. The molecule has 0 spiro atoms. The number of carbonyl (C=O) groups is 2. The summed E-state index contributed by atoms with van der Waals surface area (Å²) in [4.78, 5) is 29.4. The summed E-state index contributed by atoms with van der Waals surface area (Å²) in [6, 6.07) is 2.88. The monoisotopic (exact) mass is 287 g/mol. The molecule has 0 bridgehead atoms. The minimum Gasteiger partial charge on any atom is -0.333 e.